The van der Waals surface area contributed by atoms with Crippen molar-refractivity contribution in [3.05, 3.63) is 36.0 Å². The van der Waals surface area contributed by atoms with E-state index in [4.69, 9.17) is 5.73 Å². The predicted octanol–water partition coefficient (Wildman–Crippen LogP) is 3.04. The van der Waals surface area contributed by atoms with Gasteiger partial charge in [0.2, 0.25) is 0 Å². The summed E-state index contributed by atoms with van der Waals surface area (Å²) in [6, 6.07) is 7.70. The first-order chi connectivity index (χ1) is 9.13. The minimum atomic E-state index is -0.402. The Morgan fingerprint density at radius 1 is 1.37 bits per heavy atom. The molecule has 0 aliphatic heterocycles. The molecular weight excluding hydrogens is 236 g/mol. The highest BCUT2D eigenvalue weighted by molar-refractivity contribution is 5.88. The molecule has 2 rings (SSSR count). The van der Waals surface area contributed by atoms with Gasteiger partial charge in [-0.15, -0.1) is 0 Å². The van der Waals surface area contributed by atoms with Crippen molar-refractivity contribution in [2.45, 2.75) is 39.2 Å². The lowest BCUT2D eigenvalue weighted by Gasteiger charge is -2.15. The van der Waals surface area contributed by atoms with E-state index >= 15 is 0 Å². The van der Waals surface area contributed by atoms with E-state index in [9.17, 15) is 4.79 Å². The van der Waals surface area contributed by atoms with Crippen molar-refractivity contribution in [3.63, 3.8) is 0 Å². The molecule has 0 saturated heterocycles. The summed E-state index contributed by atoms with van der Waals surface area (Å²) in [5.74, 6) is 0.234. The summed E-state index contributed by atoms with van der Waals surface area (Å²) in [4.78, 5) is 15.4. The fourth-order valence-corrected chi connectivity index (χ4v) is 2.58. The molecule has 2 atom stereocenters. The Labute approximate surface area is 114 Å². The molecule has 1 unspecified atom stereocenters. The van der Waals surface area contributed by atoms with Crippen molar-refractivity contribution in [2.75, 3.05) is 0 Å². The topological polar surface area (TPSA) is 58.9 Å². The smallest absolute Gasteiger partial charge is 0.152 e. The number of nitrogens with two attached hydrogens (primary N) is 1. The van der Waals surface area contributed by atoms with Crippen LogP contribution < -0.4 is 5.73 Å². The molecule has 1 heterocycles. The number of nitrogens with one attached hydrogen (secondary N) is 1. The molecule has 0 aliphatic carbocycles. The summed E-state index contributed by atoms with van der Waals surface area (Å²) in [6.45, 7) is 4.07. The maximum absolute atomic E-state index is 12.2. The van der Waals surface area contributed by atoms with Gasteiger partial charge in [0, 0.05) is 23.0 Å². The lowest BCUT2D eigenvalue weighted by atomic mass is 9.92. The number of H-pyrrole nitrogens is 1. The van der Waals surface area contributed by atoms with Gasteiger partial charge in [-0.3, -0.25) is 4.79 Å². The highest BCUT2D eigenvalue weighted by Gasteiger charge is 2.21. The summed E-state index contributed by atoms with van der Waals surface area (Å²) in [6.07, 6.45) is 4.51. The summed E-state index contributed by atoms with van der Waals surface area (Å²) < 4.78 is 0. The normalized spacial score (nSPS) is 14.5. The Morgan fingerprint density at radius 2 is 2.11 bits per heavy atom. The van der Waals surface area contributed by atoms with Gasteiger partial charge in [-0.2, -0.15) is 0 Å². The van der Waals surface area contributed by atoms with Gasteiger partial charge in [-0.1, -0.05) is 38.5 Å². The number of aromatic nitrogens is 1. The molecular formula is C16H22N2O. The highest BCUT2D eigenvalue weighted by atomic mass is 16.1. The molecule has 0 fully saturated rings. The van der Waals surface area contributed by atoms with Crippen molar-refractivity contribution in [2.24, 2.45) is 11.7 Å². The van der Waals surface area contributed by atoms with E-state index in [0.29, 0.717) is 6.42 Å². The number of rotatable bonds is 6. The van der Waals surface area contributed by atoms with Gasteiger partial charge in [0.05, 0.1) is 6.04 Å². The van der Waals surface area contributed by atoms with Crippen LogP contribution in [0.3, 0.4) is 0 Å². The van der Waals surface area contributed by atoms with Crippen LogP contribution in [0.15, 0.2) is 30.5 Å². The first-order valence-electron chi connectivity index (χ1n) is 6.97. The van der Waals surface area contributed by atoms with Gasteiger partial charge in [-0.05, 0) is 24.5 Å². The number of Topliss-reactive ketones (excluding diaryl/α,β-unsaturated/α-hetero) is 1. The first-order valence-corrected chi connectivity index (χ1v) is 6.97. The number of hydrogen-bond donors (Lipinski definition) is 2. The van der Waals surface area contributed by atoms with Crippen LogP contribution in [0.4, 0.5) is 0 Å². The summed E-state index contributed by atoms with van der Waals surface area (Å²) in [5.41, 5.74) is 8.29. The Balaban J connectivity index is 2.10. The second-order valence-electron chi connectivity index (χ2n) is 5.26. The van der Waals surface area contributed by atoms with E-state index < -0.39 is 6.04 Å². The Kier molecular flexibility index (Phi) is 4.38. The summed E-state index contributed by atoms with van der Waals surface area (Å²) in [7, 11) is 0. The van der Waals surface area contributed by atoms with Gasteiger partial charge in [-0.25, -0.2) is 0 Å². The number of fused-ring (bicyclic) bond motifs is 1. The second-order valence-corrected chi connectivity index (χ2v) is 5.26. The number of para-hydroxylation sites is 1. The van der Waals surface area contributed by atoms with Crippen LogP contribution in [0, 0.1) is 5.92 Å². The van der Waals surface area contributed by atoms with Gasteiger partial charge in [0.1, 0.15) is 0 Å². The lowest BCUT2D eigenvalue weighted by molar-refractivity contribution is -0.123. The number of ketones is 1. The van der Waals surface area contributed by atoms with Crippen LogP contribution in [0.2, 0.25) is 0 Å². The predicted molar refractivity (Wildman–Crippen MR) is 79.1 cm³/mol. The van der Waals surface area contributed by atoms with Crippen LogP contribution >= 0.6 is 0 Å². The van der Waals surface area contributed by atoms with Crippen LogP contribution in [0.1, 0.15) is 32.3 Å². The Morgan fingerprint density at radius 3 is 2.84 bits per heavy atom. The molecule has 3 heteroatoms. The summed E-state index contributed by atoms with van der Waals surface area (Å²) in [5, 5.41) is 1.16. The van der Waals surface area contributed by atoms with Crippen LogP contribution in [-0.4, -0.2) is 16.8 Å². The lowest BCUT2D eigenvalue weighted by Crippen LogP contribution is -2.36. The second kappa shape index (κ2) is 6.02. The standard InChI is InChI=1S/C16H22N2O/c1-3-6-11(2)16(19)14(17)9-12-10-18-15-8-5-4-7-13(12)15/h4-5,7-8,10-11,14,18H,3,6,9,17H2,1-2H3/t11?,14-/m1/s1. The molecule has 0 spiro atoms. The van der Waals surface area contributed by atoms with Crippen LogP contribution in [0.25, 0.3) is 10.9 Å². The van der Waals surface area contributed by atoms with Gasteiger partial charge < -0.3 is 10.7 Å². The third-order valence-corrected chi connectivity index (χ3v) is 3.69. The highest BCUT2D eigenvalue weighted by Crippen LogP contribution is 2.20. The van der Waals surface area contributed by atoms with E-state index in [1.165, 1.54) is 0 Å². The zero-order chi connectivity index (χ0) is 13.8. The fraction of sp³-hybridized carbons (Fsp3) is 0.438. The van der Waals surface area contributed by atoms with Gasteiger partial charge in [0.15, 0.2) is 5.78 Å². The molecule has 102 valence electrons. The minimum Gasteiger partial charge on any atom is -0.361 e. The monoisotopic (exact) mass is 258 g/mol. The molecule has 19 heavy (non-hydrogen) atoms. The Bertz CT molecular complexity index is 559. The van der Waals surface area contributed by atoms with Crippen molar-refractivity contribution in [3.8, 4) is 0 Å². The minimum absolute atomic E-state index is 0.0604. The average Bonchev–Trinajstić information content (AvgIpc) is 2.81. The maximum atomic E-state index is 12.2. The zero-order valence-corrected chi connectivity index (χ0v) is 11.6. The van der Waals surface area contributed by atoms with Crippen molar-refractivity contribution >= 4 is 16.7 Å². The molecule has 0 amide bonds. The zero-order valence-electron chi connectivity index (χ0n) is 11.6. The quantitative estimate of drug-likeness (QED) is 0.836. The number of benzene rings is 1. The number of hydrogen-bond acceptors (Lipinski definition) is 2. The van der Waals surface area contributed by atoms with Crippen LogP contribution in [0.5, 0.6) is 0 Å². The molecule has 1 aromatic carbocycles. The molecule has 0 aliphatic rings. The molecule has 2 aromatic rings. The molecule has 0 saturated carbocycles. The third-order valence-electron chi connectivity index (χ3n) is 3.69. The van der Waals surface area contributed by atoms with Crippen molar-refractivity contribution in [1.82, 2.24) is 4.98 Å². The van der Waals surface area contributed by atoms with E-state index in [2.05, 4.69) is 18.0 Å². The van der Waals surface area contributed by atoms with Crippen LogP contribution in [-0.2, 0) is 11.2 Å². The van der Waals surface area contributed by atoms with E-state index in [1.807, 2.05) is 31.3 Å². The third kappa shape index (κ3) is 3.04. The number of carbonyl (C=O) groups is 1. The molecule has 0 radical (unpaired) electrons. The number of carbonyl (C=O) groups excluding carboxylic acids is 1. The van der Waals surface area contributed by atoms with Crippen molar-refractivity contribution < 1.29 is 4.79 Å². The van der Waals surface area contributed by atoms with Gasteiger partial charge >= 0.3 is 0 Å². The largest absolute Gasteiger partial charge is 0.361 e. The Hall–Kier alpha value is -1.61. The first kappa shape index (κ1) is 13.8. The van der Waals surface area contributed by atoms with E-state index in [-0.39, 0.29) is 11.7 Å². The fourth-order valence-electron chi connectivity index (χ4n) is 2.58. The average molecular weight is 258 g/mol. The van der Waals surface area contributed by atoms with E-state index in [0.717, 1.165) is 29.3 Å². The molecule has 1 aromatic heterocycles. The van der Waals surface area contributed by atoms with Crippen molar-refractivity contribution in [1.29, 1.82) is 0 Å². The molecule has 3 N–H and O–H groups in total. The van der Waals surface area contributed by atoms with Gasteiger partial charge in [0.25, 0.3) is 0 Å². The summed E-state index contributed by atoms with van der Waals surface area (Å²) >= 11 is 0. The maximum Gasteiger partial charge on any atom is 0.152 e. The SMILES string of the molecule is CCCC(C)C(=O)[C@H](N)Cc1c[nH]c2ccccc12. The van der Waals surface area contributed by atoms with E-state index in [1.54, 1.807) is 0 Å². The molecule has 0 bridgehead atoms. The molecule has 3 nitrogen and oxygen atoms in total. The number of aromatic amines is 1.